The van der Waals surface area contributed by atoms with E-state index in [4.69, 9.17) is 0 Å². The predicted molar refractivity (Wildman–Crippen MR) is 88.8 cm³/mol. The molecular weight excluding hydrogens is 333 g/mol. The maximum Gasteiger partial charge on any atom is 0.416 e. The lowest BCUT2D eigenvalue weighted by Gasteiger charge is -2.35. The molecule has 0 unspecified atom stereocenters. The van der Waals surface area contributed by atoms with E-state index in [-0.39, 0.29) is 17.7 Å². The third-order valence-electron chi connectivity index (χ3n) is 4.27. The first-order valence-electron chi connectivity index (χ1n) is 8.26. The lowest BCUT2D eigenvalue weighted by atomic mass is 9.90. The van der Waals surface area contributed by atoms with Gasteiger partial charge in [-0.25, -0.2) is 0 Å². The Kier molecular flexibility index (Phi) is 5.44. The summed E-state index contributed by atoms with van der Waals surface area (Å²) in [7, 11) is 0. The molecule has 1 aliphatic heterocycles. The third-order valence-corrected chi connectivity index (χ3v) is 4.27. The summed E-state index contributed by atoms with van der Waals surface area (Å²) in [4.78, 5) is 26.3. The van der Waals surface area contributed by atoms with Crippen molar-refractivity contribution < 1.29 is 22.8 Å². The van der Waals surface area contributed by atoms with Crippen molar-refractivity contribution in [2.45, 2.75) is 39.8 Å². The van der Waals surface area contributed by atoms with Crippen molar-refractivity contribution in [1.29, 1.82) is 0 Å². The highest BCUT2D eigenvalue weighted by Crippen LogP contribution is 2.30. The Balaban J connectivity index is 1.90. The zero-order chi connectivity index (χ0) is 18.8. The molecule has 7 heteroatoms. The van der Waals surface area contributed by atoms with Crippen LogP contribution in [0.1, 0.15) is 39.2 Å². The second-order valence-corrected chi connectivity index (χ2v) is 7.38. The number of carbonyl (C=O) groups excluding carboxylic acids is 2. The molecule has 0 bridgehead atoms. The van der Waals surface area contributed by atoms with Crippen molar-refractivity contribution in [2.24, 2.45) is 11.3 Å². The van der Waals surface area contributed by atoms with E-state index in [2.05, 4.69) is 5.32 Å². The Hall–Kier alpha value is -2.05. The molecule has 0 atom stereocenters. The van der Waals surface area contributed by atoms with Gasteiger partial charge in [0.15, 0.2) is 0 Å². The van der Waals surface area contributed by atoms with Crippen LogP contribution in [-0.4, -0.2) is 29.8 Å². The monoisotopic (exact) mass is 356 g/mol. The standard InChI is InChI=1S/C18H23F3N2O2/c1-17(2,3)16(25)23-10-8-12(9-11-23)15(24)22-14-6-4-13(5-7-14)18(19,20)21/h4-7,12H,8-11H2,1-3H3,(H,22,24). The second kappa shape index (κ2) is 7.06. The van der Waals surface area contributed by atoms with Gasteiger partial charge in [-0.05, 0) is 37.1 Å². The third kappa shape index (κ3) is 4.96. The molecule has 1 aromatic rings. The van der Waals surface area contributed by atoms with Crippen LogP contribution in [0.25, 0.3) is 0 Å². The molecule has 25 heavy (non-hydrogen) atoms. The molecule has 4 nitrogen and oxygen atoms in total. The van der Waals surface area contributed by atoms with Crippen LogP contribution >= 0.6 is 0 Å². The average Bonchev–Trinajstić information content (AvgIpc) is 2.53. The van der Waals surface area contributed by atoms with Gasteiger partial charge in [-0.2, -0.15) is 13.2 Å². The smallest absolute Gasteiger partial charge is 0.342 e. The molecular formula is C18H23F3N2O2. The summed E-state index contributed by atoms with van der Waals surface area (Å²) < 4.78 is 37.6. The summed E-state index contributed by atoms with van der Waals surface area (Å²) in [6.07, 6.45) is -3.29. The van der Waals surface area contributed by atoms with E-state index < -0.39 is 17.2 Å². The number of likely N-dealkylation sites (tertiary alicyclic amines) is 1. The minimum atomic E-state index is -4.39. The maximum absolute atomic E-state index is 12.5. The molecule has 0 radical (unpaired) electrons. The largest absolute Gasteiger partial charge is 0.416 e. The van der Waals surface area contributed by atoms with E-state index in [0.717, 1.165) is 12.1 Å². The maximum atomic E-state index is 12.5. The van der Waals surface area contributed by atoms with Gasteiger partial charge in [0.05, 0.1) is 5.56 Å². The molecule has 2 rings (SSSR count). The topological polar surface area (TPSA) is 49.4 Å². The van der Waals surface area contributed by atoms with E-state index in [1.807, 2.05) is 20.8 Å². The Morgan fingerprint density at radius 2 is 1.56 bits per heavy atom. The van der Waals surface area contributed by atoms with Gasteiger partial charge in [0.1, 0.15) is 0 Å². The zero-order valence-corrected chi connectivity index (χ0v) is 14.6. The number of carbonyl (C=O) groups is 2. The van der Waals surface area contributed by atoms with Gasteiger partial charge in [0, 0.05) is 30.1 Å². The molecule has 2 amide bonds. The van der Waals surface area contributed by atoms with Crippen molar-refractivity contribution in [2.75, 3.05) is 18.4 Å². The van der Waals surface area contributed by atoms with Crippen LogP contribution in [0.15, 0.2) is 24.3 Å². The highest BCUT2D eigenvalue weighted by atomic mass is 19.4. The number of piperidine rings is 1. The van der Waals surface area contributed by atoms with Crippen LogP contribution < -0.4 is 5.32 Å². The molecule has 0 aromatic heterocycles. The Morgan fingerprint density at radius 1 is 1.04 bits per heavy atom. The average molecular weight is 356 g/mol. The van der Waals surface area contributed by atoms with E-state index >= 15 is 0 Å². The molecule has 0 saturated carbocycles. The molecule has 1 N–H and O–H groups in total. The predicted octanol–water partition coefficient (Wildman–Crippen LogP) is 3.93. The molecule has 0 spiro atoms. The minimum absolute atomic E-state index is 0.0640. The summed E-state index contributed by atoms with van der Waals surface area (Å²) in [5.74, 6) is -0.400. The fourth-order valence-electron chi connectivity index (χ4n) is 2.81. The van der Waals surface area contributed by atoms with Crippen LogP contribution in [0.3, 0.4) is 0 Å². The van der Waals surface area contributed by atoms with Crippen LogP contribution in [0.2, 0.25) is 0 Å². The Bertz CT molecular complexity index is 625. The van der Waals surface area contributed by atoms with Crippen LogP contribution in [0.4, 0.5) is 18.9 Å². The van der Waals surface area contributed by atoms with Gasteiger partial charge in [0.25, 0.3) is 0 Å². The fraction of sp³-hybridized carbons (Fsp3) is 0.556. The number of alkyl halides is 3. The molecule has 1 fully saturated rings. The number of hydrogen-bond donors (Lipinski definition) is 1. The molecule has 0 aliphatic carbocycles. The second-order valence-electron chi connectivity index (χ2n) is 7.38. The van der Waals surface area contributed by atoms with Crippen molar-refractivity contribution in [3.05, 3.63) is 29.8 Å². The number of benzene rings is 1. The highest BCUT2D eigenvalue weighted by Gasteiger charge is 2.33. The summed E-state index contributed by atoms with van der Waals surface area (Å²) >= 11 is 0. The minimum Gasteiger partial charge on any atom is -0.342 e. The van der Waals surface area contributed by atoms with Crippen LogP contribution in [0, 0.1) is 11.3 Å². The number of amides is 2. The van der Waals surface area contributed by atoms with Gasteiger partial charge in [0.2, 0.25) is 11.8 Å². The van der Waals surface area contributed by atoms with Crippen molar-refractivity contribution in [3.8, 4) is 0 Å². The molecule has 1 saturated heterocycles. The van der Waals surface area contributed by atoms with E-state index in [9.17, 15) is 22.8 Å². The molecule has 1 heterocycles. The zero-order valence-electron chi connectivity index (χ0n) is 14.6. The van der Waals surface area contributed by atoms with Gasteiger partial charge in [-0.1, -0.05) is 20.8 Å². The number of anilines is 1. The van der Waals surface area contributed by atoms with E-state index in [1.165, 1.54) is 12.1 Å². The Morgan fingerprint density at radius 3 is 2.00 bits per heavy atom. The normalized spacial score (nSPS) is 16.6. The highest BCUT2D eigenvalue weighted by molar-refractivity contribution is 5.92. The SMILES string of the molecule is CC(C)(C)C(=O)N1CCC(C(=O)Nc2ccc(C(F)(F)F)cc2)CC1. The number of nitrogens with one attached hydrogen (secondary N) is 1. The number of halogens is 3. The van der Waals surface area contributed by atoms with E-state index in [1.54, 1.807) is 4.90 Å². The van der Waals surface area contributed by atoms with Gasteiger partial charge in [-0.15, -0.1) is 0 Å². The first kappa shape index (κ1) is 19.3. The van der Waals surface area contributed by atoms with Gasteiger partial charge in [-0.3, -0.25) is 9.59 Å². The first-order valence-corrected chi connectivity index (χ1v) is 8.26. The van der Waals surface area contributed by atoms with Crippen molar-refractivity contribution >= 4 is 17.5 Å². The number of hydrogen-bond acceptors (Lipinski definition) is 2. The van der Waals surface area contributed by atoms with Gasteiger partial charge >= 0.3 is 6.18 Å². The first-order chi connectivity index (χ1) is 11.5. The quantitative estimate of drug-likeness (QED) is 0.873. The summed E-state index contributed by atoms with van der Waals surface area (Å²) in [6.45, 7) is 6.61. The van der Waals surface area contributed by atoms with Crippen LogP contribution in [0.5, 0.6) is 0 Å². The van der Waals surface area contributed by atoms with Crippen molar-refractivity contribution in [3.63, 3.8) is 0 Å². The summed E-state index contributed by atoms with van der Waals surface area (Å²) in [5.41, 5.74) is -0.860. The molecule has 1 aliphatic rings. The number of nitrogens with zero attached hydrogens (tertiary/aromatic N) is 1. The number of rotatable bonds is 2. The van der Waals surface area contributed by atoms with Crippen LogP contribution in [-0.2, 0) is 15.8 Å². The lowest BCUT2D eigenvalue weighted by molar-refractivity contribution is -0.142. The molecule has 138 valence electrons. The lowest BCUT2D eigenvalue weighted by Crippen LogP contribution is -2.45. The Labute approximate surface area is 145 Å². The summed E-state index contributed by atoms with van der Waals surface area (Å²) in [6, 6.07) is 4.39. The van der Waals surface area contributed by atoms with E-state index in [0.29, 0.717) is 31.6 Å². The van der Waals surface area contributed by atoms with Gasteiger partial charge < -0.3 is 10.2 Å². The fourth-order valence-corrected chi connectivity index (χ4v) is 2.81. The molecule has 1 aromatic carbocycles. The van der Waals surface area contributed by atoms with Crippen molar-refractivity contribution in [1.82, 2.24) is 4.90 Å². The summed E-state index contributed by atoms with van der Waals surface area (Å²) in [5, 5.41) is 2.65.